The fourth-order valence-corrected chi connectivity index (χ4v) is 1.72. The molecule has 0 fully saturated rings. The minimum Gasteiger partial charge on any atom is -0.476 e. The lowest BCUT2D eigenvalue weighted by Gasteiger charge is -2.20. The molecule has 0 amide bonds. The van der Waals surface area contributed by atoms with Crippen molar-refractivity contribution < 1.29 is 9.90 Å². The van der Waals surface area contributed by atoms with Crippen LogP contribution in [0.15, 0.2) is 42.9 Å². The van der Waals surface area contributed by atoms with Gasteiger partial charge in [0.25, 0.3) is 0 Å². The van der Waals surface area contributed by atoms with E-state index in [1.54, 1.807) is 24.5 Å². The van der Waals surface area contributed by atoms with Crippen molar-refractivity contribution in [3.05, 3.63) is 54.1 Å². The number of anilines is 1. The van der Waals surface area contributed by atoms with E-state index in [-0.39, 0.29) is 5.69 Å². The number of hydrogen-bond donors (Lipinski definition) is 1. The Balaban J connectivity index is 2.24. The maximum atomic E-state index is 11.1. The topological polar surface area (TPSA) is 66.3 Å². The van der Waals surface area contributed by atoms with E-state index < -0.39 is 5.97 Å². The molecule has 0 aliphatic rings. The van der Waals surface area contributed by atoms with Gasteiger partial charge in [0.15, 0.2) is 5.69 Å². The fraction of sp³-hybridized carbons (Fsp3) is 0.154. The summed E-state index contributed by atoms with van der Waals surface area (Å²) in [5.74, 6) is -1.02. The van der Waals surface area contributed by atoms with Gasteiger partial charge in [0.05, 0.1) is 5.69 Å². The first kappa shape index (κ1) is 12.0. The van der Waals surface area contributed by atoms with Crippen LogP contribution >= 0.6 is 0 Å². The molecular formula is C13H13N3O2. The largest absolute Gasteiger partial charge is 0.476 e. The highest BCUT2D eigenvalue weighted by atomic mass is 16.4. The minimum absolute atomic E-state index is 0.0592. The van der Waals surface area contributed by atoms with Crippen molar-refractivity contribution in [1.82, 2.24) is 9.97 Å². The van der Waals surface area contributed by atoms with Crippen LogP contribution in [-0.2, 0) is 6.54 Å². The summed E-state index contributed by atoms with van der Waals surface area (Å²) in [6.07, 6.45) is 4.94. The smallest absolute Gasteiger partial charge is 0.356 e. The number of aromatic carboxylic acids is 1. The Kier molecular flexibility index (Phi) is 3.52. The predicted octanol–water partition coefficient (Wildman–Crippen LogP) is 1.81. The van der Waals surface area contributed by atoms with Crippen LogP contribution < -0.4 is 4.90 Å². The molecule has 0 saturated carbocycles. The van der Waals surface area contributed by atoms with Crippen molar-refractivity contribution in [3.8, 4) is 0 Å². The van der Waals surface area contributed by atoms with Gasteiger partial charge in [0.2, 0.25) is 0 Å². The molecule has 2 aromatic rings. The number of pyridine rings is 2. The van der Waals surface area contributed by atoms with Crippen molar-refractivity contribution in [1.29, 1.82) is 0 Å². The summed E-state index contributed by atoms with van der Waals surface area (Å²) >= 11 is 0. The van der Waals surface area contributed by atoms with Gasteiger partial charge in [-0.25, -0.2) is 9.78 Å². The van der Waals surface area contributed by atoms with Crippen molar-refractivity contribution in [2.24, 2.45) is 0 Å². The van der Waals surface area contributed by atoms with E-state index in [4.69, 9.17) is 5.11 Å². The second-order valence-corrected chi connectivity index (χ2v) is 3.89. The third-order valence-corrected chi connectivity index (χ3v) is 2.54. The van der Waals surface area contributed by atoms with E-state index in [2.05, 4.69) is 9.97 Å². The molecule has 0 spiro atoms. The molecule has 2 heterocycles. The highest BCUT2D eigenvalue weighted by molar-refractivity contribution is 5.92. The maximum Gasteiger partial charge on any atom is 0.356 e. The van der Waals surface area contributed by atoms with E-state index in [1.807, 2.05) is 24.1 Å². The minimum atomic E-state index is -1.02. The molecule has 0 aromatic carbocycles. The van der Waals surface area contributed by atoms with Gasteiger partial charge in [0.1, 0.15) is 0 Å². The van der Waals surface area contributed by atoms with Crippen LogP contribution in [0.5, 0.6) is 0 Å². The summed E-state index contributed by atoms with van der Waals surface area (Å²) in [7, 11) is 1.83. The normalized spacial score (nSPS) is 10.1. The van der Waals surface area contributed by atoms with Gasteiger partial charge in [-0.2, -0.15) is 0 Å². The number of carboxylic acids is 1. The second-order valence-electron chi connectivity index (χ2n) is 3.89. The lowest BCUT2D eigenvalue weighted by molar-refractivity contribution is 0.0691. The summed E-state index contributed by atoms with van der Waals surface area (Å²) in [6.45, 7) is 0.583. The van der Waals surface area contributed by atoms with Gasteiger partial charge in [0, 0.05) is 32.2 Å². The molecular weight excluding hydrogens is 230 g/mol. The molecule has 5 heteroatoms. The second kappa shape index (κ2) is 5.27. The number of carbonyl (C=O) groups is 1. The average Bonchev–Trinajstić information content (AvgIpc) is 2.40. The summed E-state index contributed by atoms with van der Waals surface area (Å²) in [5, 5.41) is 9.08. The van der Waals surface area contributed by atoms with Gasteiger partial charge >= 0.3 is 5.97 Å². The molecule has 0 atom stereocenters. The molecule has 1 N–H and O–H groups in total. The molecule has 2 aromatic heterocycles. The Morgan fingerprint density at radius 3 is 2.78 bits per heavy atom. The van der Waals surface area contributed by atoms with Crippen LogP contribution in [-0.4, -0.2) is 28.1 Å². The van der Waals surface area contributed by atoms with Crippen LogP contribution in [0, 0.1) is 0 Å². The zero-order valence-electron chi connectivity index (χ0n) is 9.95. The first-order valence-corrected chi connectivity index (χ1v) is 5.47. The Morgan fingerprint density at radius 2 is 2.11 bits per heavy atom. The summed E-state index contributed by atoms with van der Waals surface area (Å²) < 4.78 is 0. The van der Waals surface area contributed by atoms with Gasteiger partial charge in [-0.1, -0.05) is 6.07 Å². The highest BCUT2D eigenvalue weighted by Crippen LogP contribution is 2.18. The summed E-state index contributed by atoms with van der Waals surface area (Å²) in [5.41, 5.74) is 1.66. The van der Waals surface area contributed by atoms with Gasteiger partial charge in [-0.15, -0.1) is 0 Å². The van der Waals surface area contributed by atoms with E-state index in [9.17, 15) is 4.79 Å². The van der Waals surface area contributed by atoms with Crippen LogP contribution in [0.4, 0.5) is 5.69 Å². The zero-order chi connectivity index (χ0) is 13.0. The van der Waals surface area contributed by atoms with Gasteiger partial charge < -0.3 is 10.0 Å². The molecule has 5 nitrogen and oxygen atoms in total. The first-order chi connectivity index (χ1) is 8.68. The van der Waals surface area contributed by atoms with Crippen LogP contribution in [0.25, 0.3) is 0 Å². The molecule has 0 saturated heterocycles. The predicted molar refractivity (Wildman–Crippen MR) is 67.5 cm³/mol. The average molecular weight is 243 g/mol. The summed E-state index contributed by atoms with van der Waals surface area (Å²) in [6, 6.07) is 7.26. The quantitative estimate of drug-likeness (QED) is 0.887. The van der Waals surface area contributed by atoms with Gasteiger partial charge in [-0.05, 0) is 23.8 Å². The maximum absolute atomic E-state index is 11.1. The Hall–Kier alpha value is -2.43. The molecule has 18 heavy (non-hydrogen) atoms. The SMILES string of the molecule is CN(Cc1cccnc1)c1cccnc1C(=O)O. The molecule has 0 radical (unpaired) electrons. The molecule has 0 unspecified atom stereocenters. The Bertz CT molecular complexity index is 543. The van der Waals surface area contributed by atoms with Gasteiger partial charge in [-0.3, -0.25) is 4.98 Å². The Morgan fingerprint density at radius 1 is 1.33 bits per heavy atom. The highest BCUT2D eigenvalue weighted by Gasteiger charge is 2.14. The number of rotatable bonds is 4. The molecule has 0 bridgehead atoms. The Labute approximate surface area is 105 Å². The number of aromatic nitrogens is 2. The van der Waals surface area contributed by atoms with E-state index in [1.165, 1.54) is 6.20 Å². The van der Waals surface area contributed by atoms with E-state index >= 15 is 0 Å². The van der Waals surface area contributed by atoms with Crippen molar-refractivity contribution >= 4 is 11.7 Å². The lowest BCUT2D eigenvalue weighted by Crippen LogP contribution is -2.20. The standard InChI is InChI=1S/C13H13N3O2/c1-16(9-10-4-2-6-14-8-10)11-5-3-7-15-12(11)13(17)18/h2-8H,9H2,1H3,(H,17,18). The van der Waals surface area contributed by atoms with E-state index in [0.29, 0.717) is 12.2 Å². The number of hydrogen-bond acceptors (Lipinski definition) is 4. The zero-order valence-corrected chi connectivity index (χ0v) is 9.95. The molecule has 0 aliphatic carbocycles. The third-order valence-electron chi connectivity index (χ3n) is 2.54. The fourth-order valence-electron chi connectivity index (χ4n) is 1.72. The lowest BCUT2D eigenvalue weighted by atomic mass is 10.2. The third kappa shape index (κ3) is 2.63. The van der Waals surface area contributed by atoms with Crippen LogP contribution in [0.1, 0.15) is 16.1 Å². The van der Waals surface area contributed by atoms with Crippen LogP contribution in [0.3, 0.4) is 0 Å². The molecule has 0 aliphatic heterocycles. The first-order valence-electron chi connectivity index (χ1n) is 5.47. The van der Waals surface area contributed by atoms with Crippen LogP contribution in [0.2, 0.25) is 0 Å². The van der Waals surface area contributed by atoms with E-state index in [0.717, 1.165) is 5.56 Å². The molecule has 92 valence electrons. The van der Waals surface area contributed by atoms with Crippen molar-refractivity contribution in [2.45, 2.75) is 6.54 Å². The monoisotopic (exact) mass is 243 g/mol. The molecule has 2 rings (SSSR count). The number of nitrogens with zero attached hydrogens (tertiary/aromatic N) is 3. The van der Waals surface area contributed by atoms with Crippen molar-refractivity contribution in [3.63, 3.8) is 0 Å². The summed E-state index contributed by atoms with van der Waals surface area (Å²) in [4.78, 5) is 20.8. The van der Waals surface area contributed by atoms with Crippen molar-refractivity contribution in [2.75, 3.05) is 11.9 Å². The number of carboxylic acid groups (broad SMARTS) is 1.